The molecule has 128 valence electrons. The highest BCUT2D eigenvalue weighted by Crippen LogP contribution is 2.24. The topological polar surface area (TPSA) is 80.0 Å². The molecule has 1 amide bonds. The van der Waals surface area contributed by atoms with Crippen molar-refractivity contribution in [2.45, 2.75) is 13.0 Å². The maximum Gasteiger partial charge on any atom is 0.238 e. The first-order chi connectivity index (χ1) is 12.1. The van der Waals surface area contributed by atoms with Gasteiger partial charge >= 0.3 is 0 Å². The molecule has 1 aromatic heterocycles. The maximum atomic E-state index is 12.1. The van der Waals surface area contributed by atoms with Crippen LogP contribution in [0.3, 0.4) is 0 Å². The van der Waals surface area contributed by atoms with Crippen LogP contribution in [0.25, 0.3) is 11.3 Å². The lowest BCUT2D eigenvalue weighted by atomic mass is 10.1. The van der Waals surface area contributed by atoms with Crippen molar-refractivity contribution in [3.05, 3.63) is 65.5 Å². The number of nitrogens with two attached hydrogens (primary N) is 1. The zero-order valence-electron chi connectivity index (χ0n) is 13.9. The van der Waals surface area contributed by atoms with E-state index in [1.165, 1.54) is 11.3 Å². The first-order valence-corrected chi connectivity index (χ1v) is 8.89. The van der Waals surface area contributed by atoms with Gasteiger partial charge in [-0.3, -0.25) is 4.79 Å². The van der Waals surface area contributed by atoms with E-state index in [9.17, 15) is 4.79 Å². The summed E-state index contributed by atoms with van der Waals surface area (Å²) < 4.78 is 0. The van der Waals surface area contributed by atoms with Gasteiger partial charge in [-0.1, -0.05) is 42.5 Å². The van der Waals surface area contributed by atoms with Gasteiger partial charge in [-0.25, -0.2) is 4.98 Å². The summed E-state index contributed by atoms with van der Waals surface area (Å²) in [7, 11) is 0. The number of thiazole rings is 1. The second-order valence-electron chi connectivity index (χ2n) is 5.71. The molecule has 0 aliphatic heterocycles. The van der Waals surface area contributed by atoms with Crippen LogP contribution in [-0.4, -0.2) is 17.4 Å². The molecule has 0 fully saturated rings. The van der Waals surface area contributed by atoms with Crippen LogP contribution in [0.15, 0.2) is 60.0 Å². The number of amides is 1. The minimum absolute atomic E-state index is 0.0755. The summed E-state index contributed by atoms with van der Waals surface area (Å²) in [5.74, 6) is -0.0755. The number of nitrogen functional groups attached to an aromatic ring is 1. The molecule has 0 radical (unpaired) electrons. The summed E-state index contributed by atoms with van der Waals surface area (Å²) in [5.41, 5.74) is 9.39. The fourth-order valence-corrected chi connectivity index (χ4v) is 3.03. The first-order valence-electron chi connectivity index (χ1n) is 8.01. The molecule has 4 N–H and O–H groups in total. The SMILES string of the molecule is C[C@@H](NCC(=O)Nc1ccc(-c2csc(N)n2)cc1)c1ccccc1. The summed E-state index contributed by atoms with van der Waals surface area (Å²) in [6, 6.07) is 17.7. The number of benzene rings is 2. The predicted molar refractivity (Wildman–Crippen MR) is 103 cm³/mol. The van der Waals surface area contributed by atoms with Crippen molar-refractivity contribution >= 4 is 28.1 Å². The second kappa shape index (κ2) is 7.92. The molecule has 0 bridgehead atoms. The van der Waals surface area contributed by atoms with Crippen LogP contribution in [0.4, 0.5) is 10.8 Å². The fourth-order valence-electron chi connectivity index (χ4n) is 2.46. The molecule has 0 spiro atoms. The molecule has 3 aromatic rings. The van der Waals surface area contributed by atoms with Crippen molar-refractivity contribution in [3.8, 4) is 11.3 Å². The summed E-state index contributed by atoms with van der Waals surface area (Å²) in [4.78, 5) is 16.4. The minimum atomic E-state index is -0.0755. The van der Waals surface area contributed by atoms with E-state index >= 15 is 0 Å². The van der Waals surface area contributed by atoms with Crippen molar-refractivity contribution in [2.75, 3.05) is 17.6 Å². The number of anilines is 2. The van der Waals surface area contributed by atoms with Gasteiger partial charge in [-0.2, -0.15) is 0 Å². The normalized spacial score (nSPS) is 11.9. The van der Waals surface area contributed by atoms with Crippen LogP contribution in [0.2, 0.25) is 0 Å². The molecule has 25 heavy (non-hydrogen) atoms. The van der Waals surface area contributed by atoms with E-state index in [0.29, 0.717) is 5.13 Å². The summed E-state index contributed by atoms with van der Waals surface area (Å²) in [6.07, 6.45) is 0. The molecule has 1 heterocycles. The molecule has 5 nitrogen and oxygen atoms in total. The first kappa shape index (κ1) is 17.1. The number of rotatable bonds is 6. The van der Waals surface area contributed by atoms with Crippen molar-refractivity contribution < 1.29 is 4.79 Å². The van der Waals surface area contributed by atoms with Crippen molar-refractivity contribution in [3.63, 3.8) is 0 Å². The van der Waals surface area contributed by atoms with Gasteiger partial charge in [-0.05, 0) is 24.6 Å². The third-order valence-electron chi connectivity index (χ3n) is 3.85. The Bertz CT molecular complexity index is 830. The van der Waals surface area contributed by atoms with Gasteiger partial charge < -0.3 is 16.4 Å². The van der Waals surface area contributed by atoms with Crippen LogP contribution in [0.5, 0.6) is 0 Å². The smallest absolute Gasteiger partial charge is 0.238 e. The van der Waals surface area contributed by atoms with E-state index in [4.69, 9.17) is 5.73 Å². The Morgan fingerprint density at radius 1 is 1.16 bits per heavy atom. The molecule has 6 heteroatoms. The highest BCUT2D eigenvalue weighted by Gasteiger charge is 2.08. The zero-order valence-corrected chi connectivity index (χ0v) is 14.7. The molecule has 3 rings (SSSR count). The van der Waals surface area contributed by atoms with Crippen LogP contribution in [-0.2, 0) is 4.79 Å². The van der Waals surface area contributed by atoms with Gasteiger partial charge in [0.05, 0.1) is 12.2 Å². The number of carbonyl (C=O) groups is 1. The van der Waals surface area contributed by atoms with E-state index < -0.39 is 0 Å². The molecule has 0 unspecified atom stereocenters. The Labute approximate surface area is 150 Å². The van der Waals surface area contributed by atoms with Crippen LogP contribution in [0.1, 0.15) is 18.5 Å². The third kappa shape index (κ3) is 4.65. The number of aromatic nitrogens is 1. The highest BCUT2D eigenvalue weighted by molar-refractivity contribution is 7.13. The lowest BCUT2D eigenvalue weighted by Gasteiger charge is -2.14. The molecule has 0 aliphatic rings. The highest BCUT2D eigenvalue weighted by atomic mass is 32.1. The Kier molecular flexibility index (Phi) is 5.42. The number of hydrogen-bond acceptors (Lipinski definition) is 5. The van der Waals surface area contributed by atoms with E-state index in [2.05, 4.69) is 15.6 Å². The van der Waals surface area contributed by atoms with Crippen molar-refractivity contribution in [1.29, 1.82) is 0 Å². The molecule has 2 aromatic carbocycles. The molecule has 0 aliphatic carbocycles. The average Bonchev–Trinajstić information content (AvgIpc) is 3.07. The Morgan fingerprint density at radius 3 is 2.52 bits per heavy atom. The minimum Gasteiger partial charge on any atom is -0.375 e. The molecular formula is C19H20N4OS. The van der Waals surface area contributed by atoms with Crippen LogP contribution in [0, 0.1) is 0 Å². The van der Waals surface area contributed by atoms with Gasteiger partial charge in [-0.15, -0.1) is 11.3 Å². The number of hydrogen-bond donors (Lipinski definition) is 3. The van der Waals surface area contributed by atoms with E-state index in [1.54, 1.807) is 0 Å². The summed E-state index contributed by atoms with van der Waals surface area (Å²) >= 11 is 1.41. The van der Waals surface area contributed by atoms with Crippen LogP contribution < -0.4 is 16.4 Å². The molecule has 0 saturated heterocycles. The monoisotopic (exact) mass is 352 g/mol. The largest absolute Gasteiger partial charge is 0.375 e. The molecule has 1 atom stereocenters. The van der Waals surface area contributed by atoms with Gasteiger partial charge in [0.25, 0.3) is 0 Å². The fraction of sp³-hybridized carbons (Fsp3) is 0.158. The van der Waals surface area contributed by atoms with Gasteiger partial charge in [0.1, 0.15) is 0 Å². The van der Waals surface area contributed by atoms with Crippen molar-refractivity contribution in [1.82, 2.24) is 10.3 Å². The second-order valence-corrected chi connectivity index (χ2v) is 6.60. The predicted octanol–water partition coefficient (Wildman–Crippen LogP) is 3.68. The third-order valence-corrected chi connectivity index (χ3v) is 4.53. The quantitative estimate of drug-likeness (QED) is 0.632. The Morgan fingerprint density at radius 2 is 1.88 bits per heavy atom. The van der Waals surface area contributed by atoms with E-state index in [1.807, 2.05) is 66.9 Å². The number of carbonyl (C=O) groups excluding carboxylic acids is 1. The molecular weight excluding hydrogens is 332 g/mol. The Hall–Kier alpha value is -2.70. The zero-order chi connectivity index (χ0) is 17.6. The van der Waals surface area contributed by atoms with Crippen molar-refractivity contribution in [2.24, 2.45) is 0 Å². The number of nitrogens with one attached hydrogen (secondary N) is 2. The molecule has 0 saturated carbocycles. The van der Waals surface area contributed by atoms with E-state index in [0.717, 1.165) is 22.5 Å². The van der Waals surface area contributed by atoms with E-state index in [-0.39, 0.29) is 18.5 Å². The van der Waals surface area contributed by atoms with Gasteiger partial charge in [0.2, 0.25) is 5.91 Å². The average molecular weight is 352 g/mol. The summed E-state index contributed by atoms with van der Waals surface area (Å²) in [6.45, 7) is 2.29. The van der Waals surface area contributed by atoms with Gasteiger partial charge in [0, 0.05) is 22.7 Å². The standard InChI is InChI=1S/C19H20N4OS/c1-13(14-5-3-2-4-6-14)21-11-18(24)22-16-9-7-15(8-10-16)17-12-25-19(20)23-17/h2-10,12-13,21H,11H2,1H3,(H2,20,23)(H,22,24)/t13-/m1/s1. The lowest BCUT2D eigenvalue weighted by Crippen LogP contribution is -2.30. The summed E-state index contributed by atoms with van der Waals surface area (Å²) in [5, 5.41) is 8.57. The van der Waals surface area contributed by atoms with Crippen LogP contribution >= 0.6 is 11.3 Å². The maximum absolute atomic E-state index is 12.1. The lowest BCUT2D eigenvalue weighted by molar-refractivity contribution is -0.115. The number of nitrogens with zero attached hydrogens (tertiary/aromatic N) is 1. The Balaban J connectivity index is 1.52. The van der Waals surface area contributed by atoms with Gasteiger partial charge in [0.15, 0.2) is 5.13 Å².